The van der Waals surface area contributed by atoms with Crippen LogP contribution in [0.5, 0.6) is 0 Å². The summed E-state index contributed by atoms with van der Waals surface area (Å²) in [6, 6.07) is 0. The number of carbonyl (C=O) groups excluding carboxylic acids is 2. The lowest BCUT2D eigenvalue weighted by Gasteiger charge is -2.31. The van der Waals surface area contributed by atoms with Crippen molar-refractivity contribution >= 4 is 17.8 Å². The fourth-order valence-electron chi connectivity index (χ4n) is 2.21. The molecule has 1 heterocycles. The van der Waals surface area contributed by atoms with Crippen molar-refractivity contribution in [2.45, 2.75) is 32.6 Å². The second kappa shape index (κ2) is 6.37. The average molecular weight is 256 g/mol. The minimum atomic E-state index is -0.886. The first-order valence-corrected chi connectivity index (χ1v) is 6.19. The van der Waals surface area contributed by atoms with E-state index in [1.807, 2.05) is 0 Å². The molecule has 0 aromatic carbocycles. The highest BCUT2D eigenvalue weighted by Crippen LogP contribution is 2.19. The summed E-state index contributed by atoms with van der Waals surface area (Å²) in [5, 5.41) is 8.63. The zero-order chi connectivity index (χ0) is 13.7. The van der Waals surface area contributed by atoms with Gasteiger partial charge in [-0.15, -0.1) is 0 Å². The summed E-state index contributed by atoms with van der Waals surface area (Å²) in [6.45, 7) is 2.82. The van der Waals surface area contributed by atoms with Crippen molar-refractivity contribution < 1.29 is 19.5 Å². The molecule has 6 nitrogen and oxygen atoms in total. The Balaban J connectivity index is 2.36. The summed E-state index contributed by atoms with van der Waals surface area (Å²) >= 11 is 0. The highest BCUT2D eigenvalue weighted by Gasteiger charge is 2.26. The molecule has 1 aliphatic heterocycles. The van der Waals surface area contributed by atoms with Gasteiger partial charge in [-0.3, -0.25) is 14.4 Å². The Kier molecular flexibility index (Phi) is 5.12. The van der Waals surface area contributed by atoms with Gasteiger partial charge in [0.1, 0.15) is 0 Å². The highest BCUT2D eigenvalue weighted by molar-refractivity contribution is 5.79. The molecule has 0 radical (unpaired) electrons. The van der Waals surface area contributed by atoms with Crippen LogP contribution in [0, 0.1) is 11.8 Å². The number of carbonyl (C=O) groups is 3. The zero-order valence-corrected chi connectivity index (χ0v) is 10.6. The summed E-state index contributed by atoms with van der Waals surface area (Å²) in [5.74, 6) is -1.52. The Morgan fingerprint density at radius 3 is 2.28 bits per heavy atom. The topological polar surface area (TPSA) is 101 Å². The Bertz CT molecular complexity index is 335. The SMILES string of the molecule is CC(CC(=O)O)CC(=O)N1CCC(C(N)=O)CC1. The first-order chi connectivity index (χ1) is 8.40. The largest absolute Gasteiger partial charge is 0.481 e. The molecule has 2 amide bonds. The first kappa shape index (κ1) is 14.5. The van der Waals surface area contributed by atoms with Crippen molar-refractivity contribution in [3.8, 4) is 0 Å². The van der Waals surface area contributed by atoms with Gasteiger partial charge < -0.3 is 15.7 Å². The van der Waals surface area contributed by atoms with Gasteiger partial charge >= 0.3 is 5.97 Å². The van der Waals surface area contributed by atoms with Crippen LogP contribution in [0.3, 0.4) is 0 Å². The lowest BCUT2D eigenvalue weighted by molar-refractivity contribution is -0.139. The number of hydrogen-bond acceptors (Lipinski definition) is 3. The zero-order valence-electron chi connectivity index (χ0n) is 10.6. The molecule has 18 heavy (non-hydrogen) atoms. The summed E-state index contributed by atoms with van der Waals surface area (Å²) < 4.78 is 0. The van der Waals surface area contributed by atoms with Crippen LogP contribution >= 0.6 is 0 Å². The van der Waals surface area contributed by atoms with Gasteiger partial charge in [-0.2, -0.15) is 0 Å². The van der Waals surface area contributed by atoms with E-state index in [0.717, 1.165) is 0 Å². The van der Waals surface area contributed by atoms with E-state index in [2.05, 4.69) is 0 Å². The van der Waals surface area contributed by atoms with Crippen LogP contribution in [-0.2, 0) is 14.4 Å². The number of primary amides is 1. The molecule has 1 aliphatic rings. The minimum Gasteiger partial charge on any atom is -0.481 e. The van der Waals surface area contributed by atoms with Gasteiger partial charge in [-0.25, -0.2) is 0 Å². The van der Waals surface area contributed by atoms with E-state index in [1.54, 1.807) is 11.8 Å². The molecule has 1 atom stereocenters. The summed E-state index contributed by atoms with van der Waals surface area (Å²) in [5.41, 5.74) is 5.22. The van der Waals surface area contributed by atoms with Crippen LogP contribution in [0.2, 0.25) is 0 Å². The molecular weight excluding hydrogens is 236 g/mol. The fourth-order valence-corrected chi connectivity index (χ4v) is 2.21. The van der Waals surface area contributed by atoms with Gasteiger partial charge in [0.25, 0.3) is 0 Å². The van der Waals surface area contributed by atoms with Crippen molar-refractivity contribution in [3.05, 3.63) is 0 Å². The van der Waals surface area contributed by atoms with E-state index < -0.39 is 5.97 Å². The molecule has 1 fully saturated rings. The van der Waals surface area contributed by atoms with E-state index in [9.17, 15) is 14.4 Å². The second-order valence-corrected chi connectivity index (χ2v) is 4.96. The summed E-state index contributed by atoms with van der Waals surface area (Å²) in [7, 11) is 0. The van der Waals surface area contributed by atoms with E-state index in [0.29, 0.717) is 25.9 Å². The molecule has 1 saturated heterocycles. The standard InChI is InChI=1S/C12H20N2O4/c1-8(7-11(16)17)6-10(15)14-4-2-9(3-5-14)12(13)18/h8-9H,2-7H2,1H3,(H2,13,18)(H,16,17). The predicted octanol–water partition coefficient (Wildman–Crippen LogP) is 0.211. The maximum Gasteiger partial charge on any atom is 0.303 e. The van der Waals surface area contributed by atoms with Gasteiger partial charge in [-0.1, -0.05) is 6.92 Å². The number of nitrogens with zero attached hydrogens (tertiary/aromatic N) is 1. The van der Waals surface area contributed by atoms with Gasteiger partial charge in [0.15, 0.2) is 0 Å². The third kappa shape index (κ3) is 4.35. The third-order valence-corrected chi connectivity index (χ3v) is 3.30. The van der Waals surface area contributed by atoms with E-state index in [4.69, 9.17) is 10.8 Å². The lowest BCUT2D eigenvalue weighted by atomic mass is 9.95. The highest BCUT2D eigenvalue weighted by atomic mass is 16.4. The predicted molar refractivity (Wildman–Crippen MR) is 64.5 cm³/mol. The van der Waals surface area contributed by atoms with Crippen LogP contribution in [0.1, 0.15) is 32.6 Å². The lowest BCUT2D eigenvalue weighted by Crippen LogP contribution is -2.42. The van der Waals surface area contributed by atoms with Crippen molar-refractivity contribution in [2.24, 2.45) is 17.6 Å². The minimum absolute atomic E-state index is 0.00346. The molecule has 1 rings (SSSR count). The van der Waals surface area contributed by atoms with Gasteiger partial charge in [-0.05, 0) is 18.8 Å². The maximum atomic E-state index is 11.9. The number of carboxylic acids is 1. The monoisotopic (exact) mass is 256 g/mol. The van der Waals surface area contributed by atoms with E-state index >= 15 is 0 Å². The van der Waals surface area contributed by atoms with E-state index in [1.165, 1.54) is 0 Å². The number of hydrogen-bond donors (Lipinski definition) is 2. The van der Waals surface area contributed by atoms with Crippen LogP contribution < -0.4 is 5.73 Å². The second-order valence-electron chi connectivity index (χ2n) is 4.96. The Hall–Kier alpha value is -1.59. The molecule has 0 saturated carbocycles. The molecule has 0 spiro atoms. The van der Waals surface area contributed by atoms with Crippen LogP contribution in [0.15, 0.2) is 0 Å². The molecule has 1 unspecified atom stereocenters. The van der Waals surface area contributed by atoms with Crippen molar-refractivity contribution in [1.82, 2.24) is 4.90 Å². The smallest absolute Gasteiger partial charge is 0.303 e. The molecule has 3 N–H and O–H groups in total. The maximum absolute atomic E-state index is 11.9. The number of carboxylic acid groups (broad SMARTS) is 1. The van der Waals surface area contributed by atoms with Crippen molar-refractivity contribution in [3.63, 3.8) is 0 Å². The van der Waals surface area contributed by atoms with Gasteiger partial charge in [0.05, 0.1) is 0 Å². The summed E-state index contributed by atoms with van der Waals surface area (Å²) in [4.78, 5) is 35.1. The molecule has 102 valence electrons. The number of likely N-dealkylation sites (tertiary alicyclic amines) is 1. The normalized spacial score (nSPS) is 18.4. The average Bonchev–Trinajstić information content (AvgIpc) is 2.27. The van der Waals surface area contributed by atoms with Crippen LogP contribution in [0.25, 0.3) is 0 Å². The van der Waals surface area contributed by atoms with Crippen molar-refractivity contribution in [1.29, 1.82) is 0 Å². The fraction of sp³-hybridized carbons (Fsp3) is 0.750. The van der Waals surface area contributed by atoms with Gasteiger partial charge in [0, 0.05) is 31.8 Å². The molecule has 0 aromatic rings. The molecular formula is C12H20N2O4. The Morgan fingerprint density at radius 1 is 1.28 bits per heavy atom. The van der Waals surface area contributed by atoms with Crippen LogP contribution in [-0.4, -0.2) is 40.9 Å². The number of amides is 2. The van der Waals surface area contributed by atoms with Gasteiger partial charge in [0.2, 0.25) is 11.8 Å². The third-order valence-electron chi connectivity index (χ3n) is 3.30. The van der Waals surface area contributed by atoms with E-state index in [-0.39, 0.29) is 36.5 Å². The molecule has 0 aliphatic carbocycles. The molecule has 0 aromatic heterocycles. The number of rotatable bonds is 5. The van der Waals surface area contributed by atoms with Crippen LogP contribution in [0.4, 0.5) is 0 Å². The van der Waals surface area contributed by atoms with Crippen molar-refractivity contribution in [2.75, 3.05) is 13.1 Å². The number of aliphatic carboxylic acids is 1. The summed E-state index contributed by atoms with van der Waals surface area (Å²) in [6.07, 6.45) is 1.46. The number of piperidine rings is 1. The Morgan fingerprint density at radius 2 is 1.83 bits per heavy atom. The quantitative estimate of drug-likeness (QED) is 0.734. The molecule has 6 heteroatoms. The molecule has 0 bridgehead atoms. The Labute approximate surface area is 106 Å². The first-order valence-electron chi connectivity index (χ1n) is 6.19. The number of nitrogens with two attached hydrogens (primary N) is 1.